The van der Waals surface area contributed by atoms with E-state index in [1.165, 1.54) is 38.5 Å². The molecule has 0 bridgehead atoms. The van der Waals surface area contributed by atoms with E-state index in [9.17, 15) is 0 Å². The van der Waals surface area contributed by atoms with Gasteiger partial charge in [0.25, 0.3) is 0 Å². The van der Waals surface area contributed by atoms with Gasteiger partial charge in [0.15, 0.2) is 0 Å². The summed E-state index contributed by atoms with van der Waals surface area (Å²) in [6.07, 6.45) is 8.39. The van der Waals surface area contributed by atoms with Crippen molar-refractivity contribution in [1.82, 2.24) is 0 Å². The lowest BCUT2D eigenvalue weighted by molar-refractivity contribution is 0.163. The van der Waals surface area contributed by atoms with E-state index in [0.29, 0.717) is 5.41 Å². The van der Waals surface area contributed by atoms with Crippen LogP contribution in [0.4, 0.5) is 0 Å². The number of benzene rings is 1. The highest BCUT2D eigenvalue weighted by molar-refractivity contribution is 9.09. The molecule has 2 aliphatic carbocycles. The fourth-order valence-electron chi connectivity index (χ4n) is 3.59. The monoisotopic (exact) mass is 278 g/mol. The minimum Gasteiger partial charge on any atom is -0.0918 e. The van der Waals surface area contributed by atoms with Gasteiger partial charge in [-0.2, -0.15) is 0 Å². The van der Waals surface area contributed by atoms with Crippen molar-refractivity contribution in [1.29, 1.82) is 0 Å². The molecule has 0 amide bonds. The highest BCUT2D eigenvalue weighted by atomic mass is 79.9. The molecule has 0 spiro atoms. The lowest BCUT2D eigenvalue weighted by atomic mass is 9.58. The summed E-state index contributed by atoms with van der Waals surface area (Å²) < 4.78 is 0. The SMILES string of the molecule is BrCC1(C2CCC2)CCCc2ccccc21. The molecule has 16 heavy (non-hydrogen) atoms. The largest absolute Gasteiger partial charge is 0.0918 e. The van der Waals surface area contributed by atoms with E-state index in [2.05, 4.69) is 40.2 Å². The van der Waals surface area contributed by atoms with Crippen LogP contribution in [0, 0.1) is 5.92 Å². The summed E-state index contributed by atoms with van der Waals surface area (Å²) in [7, 11) is 0. The number of hydrogen-bond acceptors (Lipinski definition) is 0. The highest BCUT2D eigenvalue weighted by Gasteiger charge is 2.44. The quantitative estimate of drug-likeness (QED) is 0.701. The third kappa shape index (κ3) is 1.48. The maximum absolute atomic E-state index is 3.81. The normalized spacial score (nSPS) is 29.6. The van der Waals surface area contributed by atoms with Crippen LogP contribution in [-0.2, 0) is 11.8 Å². The molecule has 1 unspecified atom stereocenters. The Hall–Kier alpha value is -0.300. The number of halogens is 1. The molecule has 0 aromatic heterocycles. The van der Waals surface area contributed by atoms with Crippen molar-refractivity contribution in [3.05, 3.63) is 35.4 Å². The lowest BCUT2D eigenvalue weighted by Gasteiger charge is -2.48. The second kappa shape index (κ2) is 4.18. The van der Waals surface area contributed by atoms with E-state index in [4.69, 9.17) is 0 Å². The van der Waals surface area contributed by atoms with E-state index in [1.807, 2.05) is 0 Å². The highest BCUT2D eigenvalue weighted by Crippen LogP contribution is 2.51. The minimum absolute atomic E-state index is 0.465. The molecule has 86 valence electrons. The average Bonchev–Trinajstić information content (AvgIpc) is 2.27. The number of alkyl halides is 1. The first-order chi connectivity index (χ1) is 7.87. The standard InChI is InChI=1S/C15H19Br/c16-11-15(13-7-3-8-13)10-4-6-12-5-1-2-9-14(12)15/h1-2,5,9,13H,3-4,6-8,10-11H2. The molecule has 0 N–H and O–H groups in total. The van der Waals surface area contributed by atoms with Crippen molar-refractivity contribution in [2.24, 2.45) is 5.92 Å². The Morgan fingerprint density at radius 1 is 1.19 bits per heavy atom. The van der Waals surface area contributed by atoms with Gasteiger partial charge in [-0.05, 0) is 49.1 Å². The Kier molecular flexibility index (Phi) is 2.83. The van der Waals surface area contributed by atoms with Crippen LogP contribution in [0.15, 0.2) is 24.3 Å². The fourth-order valence-corrected chi connectivity index (χ4v) is 4.63. The van der Waals surface area contributed by atoms with E-state index in [1.54, 1.807) is 11.1 Å². The maximum Gasteiger partial charge on any atom is 0.0131 e. The first-order valence-electron chi connectivity index (χ1n) is 6.51. The maximum atomic E-state index is 3.81. The van der Waals surface area contributed by atoms with Gasteiger partial charge >= 0.3 is 0 Å². The van der Waals surface area contributed by atoms with Gasteiger partial charge in [0.05, 0.1) is 0 Å². The molecule has 3 rings (SSSR count). The molecule has 2 aliphatic rings. The number of rotatable bonds is 2. The Morgan fingerprint density at radius 3 is 2.69 bits per heavy atom. The van der Waals surface area contributed by atoms with Crippen molar-refractivity contribution < 1.29 is 0 Å². The van der Waals surface area contributed by atoms with Crippen LogP contribution in [-0.4, -0.2) is 5.33 Å². The smallest absolute Gasteiger partial charge is 0.0131 e. The molecule has 1 heteroatoms. The number of aryl methyl sites for hydroxylation is 1. The van der Waals surface area contributed by atoms with E-state index < -0.39 is 0 Å². The first kappa shape index (κ1) is 10.8. The summed E-state index contributed by atoms with van der Waals surface area (Å²) in [6, 6.07) is 9.14. The molecule has 1 aromatic rings. The lowest BCUT2D eigenvalue weighted by Crippen LogP contribution is -2.43. The van der Waals surface area contributed by atoms with Gasteiger partial charge < -0.3 is 0 Å². The summed E-state index contributed by atoms with van der Waals surface area (Å²) in [4.78, 5) is 0. The third-order valence-electron chi connectivity index (χ3n) is 4.75. The van der Waals surface area contributed by atoms with Crippen molar-refractivity contribution >= 4 is 15.9 Å². The van der Waals surface area contributed by atoms with Crippen molar-refractivity contribution in [2.45, 2.75) is 43.9 Å². The molecule has 0 radical (unpaired) electrons. The second-order valence-corrected chi connectivity index (χ2v) is 5.99. The number of fused-ring (bicyclic) bond motifs is 1. The molecule has 1 aromatic carbocycles. The molecule has 1 atom stereocenters. The van der Waals surface area contributed by atoms with Gasteiger partial charge in [-0.25, -0.2) is 0 Å². The van der Waals surface area contributed by atoms with Crippen molar-refractivity contribution in [2.75, 3.05) is 5.33 Å². The van der Waals surface area contributed by atoms with Crippen LogP contribution in [0.25, 0.3) is 0 Å². The second-order valence-electron chi connectivity index (χ2n) is 5.43. The van der Waals surface area contributed by atoms with Gasteiger partial charge in [-0.3, -0.25) is 0 Å². The average molecular weight is 279 g/mol. The third-order valence-corrected chi connectivity index (χ3v) is 5.75. The summed E-state index contributed by atoms with van der Waals surface area (Å²) in [5.74, 6) is 0.938. The first-order valence-corrected chi connectivity index (χ1v) is 7.63. The van der Waals surface area contributed by atoms with Gasteiger partial charge in [0.2, 0.25) is 0 Å². The number of hydrogen-bond donors (Lipinski definition) is 0. The predicted octanol–water partition coefficient (Wildman–Crippen LogP) is 4.46. The molecular weight excluding hydrogens is 260 g/mol. The van der Waals surface area contributed by atoms with E-state index in [0.717, 1.165) is 11.2 Å². The summed E-state index contributed by atoms with van der Waals surface area (Å²) >= 11 is 3.81. The fraction of sp³-hybridized carbons (Fsp3) is 0.600. The molecule has 0 nitrogen and oxygen atoms in total. The Labute approximate surface area is 107 Å². The van der Waals surface area contributed by atoms with Crippen LogP contribution in [0.3, 0.4) is 0 Å². The zero-order chi connectivity index (χ0) is 11.0. The predicted molar refractivity (Wildman–Crippen MR) is 72.2 cm³/mol. The van der Waals surface area contributed by atoms with Crippen LogP contribution >= 0.6 is 15.9 Å². The molecule has 0 saturated heterocycles. The van der Waals surface area contributed by atoms with Gasteiger partial charge in [0.1, 0.15) is 0 Å². The van der Waals surface area contributed by atoms with Gasteiger partial charge in [0, 0.05) is 10.7 Å². The van der Waals surface area contributed by atoms with Gasteiger partial charge in [-0.1, -0.05) is 46.6 Å². The summed E-state index contributed by atoms with van der Waals surface area (Å²) in [6.45, 7) is 0. The molecule has 0 aliphatic heterocycles. The zero-order valence-corrected chi connectivity index (χ0v) is 11.3. The van der Waals surface area contributed by atoms with Gasteiger partial charge in [-0.15, -0.1) is 0 Å². The van der Waals surface area contributed by atoms with E-state index in [-0.39, 0.29) is 0 Å². The molecule has 0 heterocycles. The van der Waals surface area contributed by atoms with Crippen LogP contribution in [0.5, 0.6) is 0 Å². The molecule has 1 fully saturated rings. The van der Waals surface area contributed by atoms with Crippen LogP contribution in [0.1, 0.15) is 43.2 Å². The Bertz CT molecular complexity index is 381. The van der Waals surface area contributed by atoms with Crippen LogP contribution < -0.4 is 0 Å². The topological polar surface area (TPSA) is 0 Å². The molecular formula is C15H19Br. The van der Waals surface area contributed by atoms with Crippen LogP contribution in [0.2, 0.25) is 0 Å². The summed E-state index contributed by atoms with van der Waals surface area (Å²) in [5, 5.41) is 1.15. The zero-order valence-electron chi connectivity index (χ0n) is 9.71. The Balaban J connectivity index is 2.06. The van der Waals surface area contributed by atoms with Crippen molar-refractivity contribution in [3.63, 3.8) is 0 Å². The van der Waals surface area contributed by atoms with E-state index >= 15 is 0 Å². The minimum atomic E-state index is 0.465. The summed E-state index contributed by atoms with van der Waals surface area (Å²) in [5.41, 5.74) is 3.73. The van der Waals surface area contributed by atoms with Crippen molar-refractivity contribution in [3.8, 4) is 0 Å². The molecule has 1 saturated carbocycles. The Morgan fingerprint density at radius 2 is 2.00 bits per heavy atom.